The minimum absolute atomic E-state index is 0.0733. The minimum atomic E-state index is 0.0733. The number of carbonyl (C=O) groups excluding carboxylic acids is 1. The van der Waals surface area contributed by atoms with Crippen LogP contribution in [0.1, 0.15) is 23.2 Å². The van der Waals surface area contributed by atoms with Crippen LogP contribution in [0.15, 0.2) is 55.0 Å². The monoisotopic (exact) mass is 333 g/mol. The summed E-state index contributed by atoms with van der Waals surface area (Å²) in [7, 11) is 0. The summed E-state index contributed by atoms with van der Waals surface area (Å²) in [5.41, 5.74) is 1.80. The standard InChI is InChI=1S/C20H19N3O2/c24-20(14-3-5-17-13(10-14)7-9-22-17)23-12-15-4-6-18(23)19(15)25-16-2-1-8-21-11-16/h1-3,5,7-11,15,18-19,22H,4,6,12H2/t15-,18+,19-/m1/s1. The van der Waals surface area contributed by atoms with Crippen LogP contribution in [0, 0.1) is 5.92 Å². The van der Waals surface area contributed by atoms with E-state index in [2.05, 4.69) is 9.97 Å². The zero-order valence-electron chi connectivity index (χ0n) is 13.8. The molecule has 1 aliphatic carbocycles. The third kappa shape index (κ3) is 2.38. The smallest absolute Gasteiger partial charge is 0.254 e. The van der Waals surface area contributed by atoms with Crippen molar-refractivity contribution in [1.29, 1.82) is 0 Å². The van der Waals surface area contributed by atoms with Gasteiger partial charge in [0.1, 0.15) is 11.9 Å². The number of nitrogens with one attached hydrogen (secondary N) is 1. The molecule has 0 radical (unpaired) electrons. The van der Waals surface area contributed by atoms with Crippen LogP contribution in [0.25, 0.3) is 10.9 Å². The molecule has 1 N–H and O–H groups in total. The van der Waals surface area contributed by atoms with Gasteiger partial charge in [-0.15, -0.1) is 0 Å². The summed E-state index contributed by atoms with van der Waals surface area (Å²) in [6.45, 7) is 0.777. The van der Waals surface area contributed by atoms with E-state index in [0.29, 0.717) is 5.92 Å². The summed E-state index contributed by atoms with van der Waals surface area (Å²) in [4.78, 5) is 22.3. The molecule has 1 aromatic carbocycles. The highest BCUT2D eigenvalue weighted by atomic mass is 16.5. The largest absolute Gasteiger partial charge is 0.486 e. The number of aromatic amines is 1. The third-order valence-electron chi connectivity index (χ3n) is 5.48. The average molecular weight is 333 g/mol. The lowest BCUT2D eigenvalue weighted by Crippen LogP contribution is -2.40. The van der Waals surface area contributed by atoms with Crippen LogP contribution in [0.5, 0.6) is 5.75 Å². The maximum atomic E-state index is 13.0. The highest BCUT2D eigenvalue weighted by Crippen LogP contribution is 2.41. The van der Waals surface area contributed by atoms with E-state index in [1.807, 2.05) is 47.5 Å². The van der Waals surface area contributed by atoms with Gasteiger partial charge in [-0.2, -0.15) is 0 Å². The van der Waals surface area contributed by atoms with E-state index >= 15 is 0 Å². The van der Waals surface area contributed by atoms with Crippen LogP contribution in [0.2, 0.25) is 0 Å². The van der Waals surface area contributed by atoms with Crippen LogP contribution in [0.4, 0.5) is 0 Å². The van der Waals surface area contributed by atoms with Crippen LogP contribution in [-0.4, -0.2) is 39.5 Å². The zero-order valence-corrected chi connectivity index (χ0v) is 13.8. The van der Waals surface area contributed by atoms with Crippen molar-refractivity contribution < 1.29 is 9.53 Å². The molecule has 5 rings (SSSR count). The number of H-pyrrole nitrogens is 1. The molecule has 2 aliphatic rings. The molecule has 126 valence electrons. The Morgan fingerprint density at radius 1 is 1.24 bits per heavy atom. The number of nitrogens with zero attached hydrogens (tertiary/aromatic N) is 2. The number of ether oxygens (including phenoxy) is 1. The van der Waals surface area contributed by atoms with Crippen molar-refractivity contribution in [3.8, 4) is 5.75 Å². The Hall–Kier alpha value is -2.82. The van der Waals surface area contributed by atoms with Gasteiger partial charge >= 0.3 is 0 Å². The van der Waals surface area contributed by atoms with Crippen LogP contribution in [0.3, 0.4) is 0 Å². The number of benzene rings is 1. The average Bonchev–Trinajstić information content (AvgIpc) is 3.36. The lowest BCUT2D eigenvalue weighted by Gasteiger charge is -2.27. The first kappa shape index (κ1) is 14.5. The maximum absolute atomic E-state index is 13.0. The van der Waals surface area contributed by atoms with E-state index in [0.717, 1.165) is 41.6 Å². The molecule has 0 unspecified atom stereocenters. The Morgan fingerprint density at radius 3 is 3.08 bits per heavy atom. The Balaban J connectivity index is 1.38. The second-order valence-electron chi connectivity index (χ2n) is 6.91. The van der Waals surface area contributed by atoms with E-state index in [4.69, 9.17) is 4.74 Å². The van der Waals surface area contributed by atoms with Gasteiger partial charge in [-0.05, 0) is 49.2 Å². The molecular formula is C20H19N3O2. The second kappa shape index (κ2) is 5.62. The first-order valence-electron chi connectivity index (χ1n) is 8.74. The molecule has 5 nitrogen and oxygen atoms in total. The number of likely N-dealkylation sites (tertiary alicyclic amines) is 1. The predicted molar refractivity (Wildman–Crippen MR) is 94.5 cm³/mol. The molecule has 1 amide bonds. The SMILES string of the molecule is O=C(c1ccc2[nH]ccc2c1)N1C[C@H]2CC[C@H]1[C@@H]2Oc1cccnc1. The fourth-order valence-corrected chi connectivity index (χ4v) is 4.28. The van der Waals surface area contributed by atoms with E-state index in [-0.39, 0.29) is 18.1 Å². The highest BCUT2D eigenvalue weighted by Gasteiger charge is 2.50. The van der Waals surface area contributed by atoms with Gasteiger partial charge in [-0.25, -0.2) is 0 Å². The Kier molecular flexibility index (Phi) is 3.26. The second-order valence-corrected chi connectivity index (χ2v) is 6.91. The van der Waals surface area contributed by atoms with Crippen molar-refractivity contribution in [1.82, 2.24) is 14.9 Å². The summed E-state index contributed by atoms with van der Waals surface area (Å²) in [5, 5.41) is 1.07. The summed E-state index contributed by atoms with van der Waals surface area (Å²) in [6.07, 6.45) is 7.58. The number of aromatic nitrogens is 2. The number of fused-ring (bicyclic) bond motifs is 3. The van der Waals surface area contributed by atoms with Gasteiger partial charge in [0.05, 0.1) is 12.2 Å². The molecule has 25 heavy (non-hydrogen) atoms. The topological polar surface area (TPSA) is 58.2 Å². The number of hydrogen-bond donors (Lipinski definition) is 1. The third-order valence-corrected chi connectivity index (χ3v) is 5.48. The quantitative estimate of drug-likeness (QED) is 0.800. The van der Waals surface area contributed by atoms with E-state index in [1.54, 1.807) is 12.4 Å². The number of amides is 1. The number of pyridine rings is 1. The Morgan fingerprint density at radius 2 is 2.20 bits per heavy atom. The molecule has 2 fully saturated rings. The molecule has 1 aliphatic heterocycles. The van der Waals surface area contributed by atoms with Crippen LogP contribution < -0.4 is 4.74 Å². The van der Waals surface area contributed by atoms with Gasteiger partial charge < -0.3 is 14.6 Å². The number of piperidine rings is 1. The Bertz CT molecular complexity index is 921. The van der Waals surface area contributed by atoms with Gasteiger partial charge in [-0.1, -0.05) is 0 Å². The van der Waals surface area contributed by atoms with E-state index < -0.39 is 0 Å². The van der Waals surface area contributed by atoms with Crippen LogP contribution >= 0.6 is 0 Å². The zero-order chi connectivity index (χ0) is 16.8. The van der Waals surface area contributed by atoms with Crippen molar-refractivity contribution in [2.45, 2.75) is 25.0 Å². The molecule has 2 aromatic heterocycles. The van der Waals surface area contributed by atoms with Gasteiger partial charge in [-0.3, -0.25) is 9.78 Å². The fraction of sp³-hybridized carbons (Fsp3) is 0.300. The minimum Gasteiger partial charge on any atom is -0.486 e. The van der Waals surface area contributed by atoms with Gasteiger partial charge in [0.2, 0.25) is 0 Å². The summed E-state index contributed by atoms with van der Waals surface area (Å²) in [6, 6.07) is 11.8. The number of rotatable bonds is 3. The number of carbonyl (C=O) groups is 1. The van der Waals surface area contributed by atoms with Crippen molar-refractivity contribution in [3.05, 3.63) is 60.6 Å². The first-order chi connectivity index (χ1) is 12.3. The van der Waals surface area contributed by atoms with Crippen molar-refractivity contribution >= 4 is 16.8 Å². The van der Waals surface area contributed by atoms with Gasteiger partial charge in [0, 0.05) is 41.3 Å². The van der Waals surface area contributed by atoms with Gasteiger partial charge in [0.15, 0.2) is 0 Å². The molecule has 2 bridgehead atoms. The van der Waals surface area contributed by atoms with E-state index in [9.17, 15) is 4.79 Å². The Labute approximate surface area is 145 Å². The summed E-state index contributed by atoms with van der Waals surface area (Å²) < 4.78 is 6.18. The van der Waals surface area contributed by atoms with Gasteiger partial charge in [0.25, 0.3) is 5.91 Å². The molecular weight excluding hydrogens is 314 g/mol. The molecule has 3 heterocycles. The van der Waals surface area contributed by atoms with E-state index in [1.165, 1.54) is 0 Å². The normalized spacial score (nSPS) is 24.8. The maximum Gasteiger partial charge on any atom is 0.254 e. The molecule has 3 aromatic rings. The summed E-state index contributed by atoms with van der Waals surface area (Å²) >= 11 is 0. The molecule has 0 spiro atoms. The molecule has 3 atom stereocenters. The van der Waals surface area contributed by atoms with Crippen molar-refractivity contribution in [3.63, 3.8) is 0 Å². The first-order valence-corrected chi connectivity index (χ1v) is 8.74. The molecule has 1 saturated heterocycles. The summed E-state index contributed by atoms with van der Waals surface area (Å²) in [5.74, 6) is 1.30. The van der Waals surface area contributed by atoms with Crippen molar-refractivity contribution in [2.75, 3.05) is 6.54 Å². The fourth-order valence-electron chi connectivity index (χ4n) is 4.28. The van der Waals surface area contributed by atoms with Crippen LogP contribution in [-0.2, 0) is 0 Å². The van der Waals surface area contributed by atoms with Crippen molar-refractivity contribution in [2.24, 2.45) is 5.92 Å². The molecule has 1 saturated carbocycles. The lowest BCUT2D eigenvalue weighted by molar-refractivity contribution is 0.0667. The predicted octanol–water partition coefficient (Wildman–Crippen LogP) is 3.24. The number of hydrogen-bond acceptors (Lipinski definition) is 3. The molecule has 5 heteroatoms. The lowest BCUT2D eigenvalue weighted by atomic mass is 10.1. The highest BCUT2D eigenvalue weighted by molar-refractivity contribution is 5.98.